The molecule has 0 bridgehead atoms. The monoisotopic (exact) mass is 436 g/mol. The van der Waals surface area contributed by atoms with Gasteiger partial charge in [-0.3, -0.25) is 4.79 Å². The second-order valence-corrected chi connectivity index (χ2v) is 8.13. The average molecular weight is 437 g/mol. The van der Waals surface area contributed by atoms with Crippen molar-refractivity contribution in [3.05, 3.63) is 47.0 Å². The molecule has 0 aliphatic carbocycles. The van der Waals surface area contributed by atoms with Gasteiger partial charge >= 0.3 is 5.97 Å². The summed E-state index contributed by atoms with van der Waals surface area (Å²) in [6, 6.07) is 6.83. The Balaban J connectivity index is 1.53. The number of nitrogens with one attached hydrogen (secondary N) is 1. The largest absolute Gasteiger partial charge is 0.462 e. The molecule has 0 radical (unpaired) electrons. The number of carbonyl (C=O) groups excluding carboxylic acids is 2. The first-order chi connectivity index (χ1) is 15.4. The van der Waals surface area contributed by atoms with E-state index in [1.54, 1.807) is 31.2 Å². The van der Waals surface area contributed by atoms with E-state index >= 15 is 0 Å². The Labute approximate surface area is 187 Å². The van der Waals surface area contributed by atoms with Crippen LogP contribution in [0, 0.1) is 26.7 Å². The number of benzene rings is 1. The molecule has 2 aromatic heterocycles. The van der Waals surface area contributed by atoms with Crippen LogP contribution in [0.25, 0.3) is 11.1 Å². The van der Waals surface area contributed by atoms with Crippen molar-refractivity contribution in [2.75, 3.05) is 29.9 Å². The molecule has 0 unspecified atom stereocenters. The lowest BCUT2D eigenvalue weighted by atomic mass is 9.96. The van der Waals surface area contributed by atoms with Crippen LogP contribution in [0.5, 0.6) is 0 Å². The predicted octanol–water partition coefficient (Wildman–Crippen LogP) is 4.18. The van der Waals surface area contributed by atoms with E-state index in [4.69, 9.17) is 14.1 Å². The lowest BCUT2D eigenvalue weighted by Crippen LogP contribution is -2.41. The highest BCUT2D eigenvalue weighted by Crippen LogP contribution is 2.33. The van der Waals surface area contributed by atoms with Gasteiger partial charge in [0.1, 0.15) is 17.4 Å². The summed E-state index contributed by atoms with van der Waals surface area (Å²) in [5.74, 6) is 1.62. The van der Waals surface area contributed by atoms with Gasteiger partial charge in [-0.05, 0) is 58.7 Å². The zero-order valence-corrected chi connectivity index (χ0v) is 18.9. The third kappa shape index (κ3) is 4.30. The van der Waals surface area contributed by atoms with Crippen molar-refractivity contribution in [3.8, 4) is 0 Å². The molecular weight excluding hydrogens is 408 g/mol. The van der Waals surface area contributed by atoms with Crippen molar-refractivity contribution >= 4 is 34.5 Å². The third-order valence-corrected chi connectivity index (χ3v) is 5.85. The third-order valence-electron chi connectivity index (χ3n) is 5.85. The summed E-state index contributed by atoms with van der Waals surface area (Å²) in [5, 5.41) is 3.87. The summed E-state index contributed by atoms with van der Waals surface area (Å²) in [7, 11) is 0. The summed E-state index contributed by atoms with van der Waals surface area (Å²) >= 11 is 0. The number of hydrogen-bond donors (Lipinski definition) is 1. The average Bonchev–Trinajstić information content (AvgIpc) is 3.06. The highest BCUT2D eigenvalue weighted by atomic mass is 16.5. The Morgan fingerprint density at radius 1 is 1.25 bits per heavy atom. The molecule has 1 aliphatic rings. The minimum absolute atomic E-state index is 0.0715. The Hall–Kier alpha value is -3.42. The molecule has 1 amide bonds. The van der Waals surface area contributed by atoms with Gasteiger partial charge in [-0.2, -0.15) is 4.98 Å². The number of carbonyl (C=O) groups is 2. The molecule has 1 fully saturated rings. The first-order valence-corrected chi connectivity index (χ1v) is 10.9. The minimum Gasteiger partial charge on any atom is -0.462 e. The normalized spacial score (nSPS) is 16.2. The summed E-state index contributed by atoms with van der Waals surface area (Å²) in [4.78, 5) is 36.3. The van der Waals surface area contributed by atoms with Gasteiger partial charge in [0.25, 0.3) is 0 Å². The number of piperidine rings is 1. The topological polar surface area (TPSA) is 97.6 Å². The molecule has 0 spiro atoms. The molecule has 8 nitrogen and oxygen atoms in total. The number of nitrogens with zero attached hydrogens (tertiary/aromatic N) is 3. The van der Waals surface area contributed by atoms with Crippen LogP contribution in [-0.4, -0.2) is 41.5 Å². The van der Waals surface area contributed by atoms with Gasteiger partial charge in [-0.25, -0.2) is 9.78 Å². The smallest absolute Gasteiger partial charge is 0.338 e. The highest BCUT2D eigenvalue weighted by molar-refractivity contribution is 5.96. The molecule has 3 heterocycles. The molecule has 8 heteroatoms. The van der Waals surface area contributed by atoms with E-state index in [9.17, 15) is 9.59 Å². The predicted molar refractivity (Wildman–Crippen MR) is 122 cm³/mol. The van der Waals surface area contributed by atoms with Crippen molar-refractivity contribution < 1.29 is 18.7 Å². The number of fused-ring (bicyclic) bond motifs is 1. The zero-order chi connectivity index (χ0) is 22.8. The number of aromatic nitrogens is 2. The first kappa shape index (κ1) is 21.8. The van der Waals surface area contributed by atoms with E-state index in [0.717, 1.165) is 41.9 Å². The molecule has 1 atom stereocenters. The lowest BCUT2D eigenvalue weighted by molar-refractivity contribution is -0.120. The van der Waals surface area contributed by atoms with Crippen LogP contribution in [0.2, 0.25) is 0 Å². The van der Waals surface area contributed by atoms with Gasteiger partial charge in [-0.15, -0.1) is 0 Å². The number of esters is 1. The van der Waals surface area contributed by atoms with Crippen molar-refractivity contribution in [2.24, 2.45) is 5.92 Å². The molecule has 3 aromatic rings. The summed E-state index contributed by atoms with van der Waals surface area (Å²) in [6.07, 6.45) is 1.66. The standard InChI is InChI=1S/C24H28N4O4/c1-5-31-24(30)17-8-6-10-19(12-17)27-22(29)18-9-7-11-28(13-18)21-20-14(2)15(3)32-23(20)26-16(4)25-21/h6,8,10,12,18H,5,7,9,11,13H2,1-4H3,(H,27,29)/t18-/m1/s1. The van der Waals surface area contributed by atoms with Crippen LogP contribution >= 0.6 is 0 Å². The molecule has 1 saturated heterocycles. The molecule has 1 N–H and O–H groups in total. The van der Waals surface area contributed by atoms with Crippen LogP contribution in [0.15, 0.2) is 28.7 Å². The van der Waals surface area contributed by atoms with Gasteiger partial charge in [0.2, 0.25) is 11.6 Å². The fraction of sp³-hybridized carbons (Fsp3) is 0.417. The number of aryl methyl sites for hydroxylation is 3. The van der Waals surface area contributed by atoms with Crippen LogP contribution in [-0.2, 0) is 9.53 Å². The van der Waals surface area contributed by atoms with Crippen LogP contribution in [0.1, 0.15) is 47.3 Å². The molecule has 1 aromatic carbocycles. The van der Waals surface area contributed by atoms with Gasteiger partial charge < -0.3 is 19.4 Å². The Bertz CT molecular complexity index is 1170. The molecule has 1 aliphatic heterocycles. The fourth-order valence-corrected chi connectivity index (χ4v) is 4.13. The van der Waals surface area contributed by atoms with E-state index in [2.05, 4.69) is 15.2 Å². The molecule has 0 saturated carbocycles. The van der Waals surface area contributed by atoms with E-state index in [1.165, 1.54) is 0 Å². The van der Waals surface area contributed by atoms with Gasteiger partial charge in [0, 0.05) is 24.3 Å². The Morgan fingerprint density at radius 2 is 2.06 bits per heavy atom. The minimum atomic E-state index is -0.402. The maximum atomic E-state index is 13.0. The van der Waals surface area contributed by atoms with Gasteiger partial charge in [0.05, 0.1) is 23.5 Å². The van der Waals surface area contributed by atoms with Crippen LogP contribution in [0.4, 0.5) is 11.5 Å². The number of amides is 1. The number of hydrogen-bond acceptors (Lipinski definition) is 7. The van der Waals surface area contributed by atoms with Crippen molar-refractivity contribution in [2.45, 2.75) is 40.5 Å². The number of furan rings is 1. The summed E-state index contributed by atoms with van der Waals surface area (Å²) in [5.41, 5.74) is 2.61. The quantitative estimate of drug-likeness (QED) is 0.599. The van der Waals surface area contributed by atoms with Crippen LogP contribution < -0.4 is 10.2 Å². The first-order valence-electron chi connectivity index (χ1n) is 10.9. The number of ether oxygens (including phenoxy) is 1. The van der Waals surface area contributed by atoms with Crippen molar-refractivity contribution in [1.82, 2.24) is 9.97 Å². The Kier molecular flexibility index (Phi) is 6.12. The van der Waals surface area contributed by atoms with E-state index < -0.39 is 5.97 Å². The SMILES string of the molecule is CCOC(=O)c1cccc(NC(=O)[C@@H]2CCCN(c3nc(C)nc4oc(C)c(C)c34)C2)c1. The van der Waals surface area contributed by atoms with Crippen molar-refractivity contribution in [1.29, 1.82) is 0 Å². The van der Waals surface area contributed by atoms with Crippen molar-refractivity contribution in [3.63, 3.8) is 0 Å². The van der Waals surface area contributed by atoms with E-state index in [1.807, 2.05) is 20.8 Å². The van der Waals surface area contributed by atoms with E-state index in [-0.39, 0.29) is 11.8 Å². The molecule has 4 rings (SSSR count). The van der Waals surface area contributed by atoms with Gasteiger partial charge in [-0.1, -0.05) is 6.07 Å². The highest BCUT2D eigenvalue weighted by Gasteiger charge is 2.29. The zero-order valence-electron chi connectivity index (χ0n) is 18.9. The molecular formula is C24H28N4O4. The Morgan fingerprint density at radius 3 is 2.84 bits per heavy atom. The number of rotatable bonds is 5. The summed E-state index contributed by atoms with van der Waals surface area (Å²) in [6.45, 7) is 9.22. The maximum Gasteiger partial charge on any atom is 0.338 e. The molecule has 168 valence electrons. The fourth-order valence-electron chi connectivity index (χ4n) is 4.13. The second-order valence-electron chi connectivity index (χ2n) is 8.13. The van der Waals surface area contributed by atoms with Gasteiger partial charge in [0.15, 0.2) is 0 Å². The van der Waals surface area contributed by atoms with Crippen LogP contribution in [0.3, 0.4) is 0 Å². The van der Waals surface area contributed by atoms with E-state index in [0.29, 0.717) is 35.9 Å². The molecule has 32 heavy (non-hydrogen) atoms. The summed E-state index contributed by atoms with van der Waals surface area (Å²) < 4.78 is 10.9. The second kappa shape index (κ2) is 8.98. The number of anilines is 2. The lowest BCUT2D eigenvalue weighted by Gasteiger charge is -2.33. The maximum absolute atomic E-state index is 13.0.